The van der Waals surface area contributed by atoms with Crippen molar-refractivity contribution in [3.63, 3.8) is 0 Å². The molecule has 2 nitrogen and oxygen atoms in total. The number of hydrogen-bond acceptors (Lipinski definition) is 2. The zero-order valence-corrected chi connectivity index (χ0v) is 13.1. The van der Waals surface area contributed by atoms with Crippen molar-refractivity contribution < 1.29 is 0 Å². The molecule has 0 aromatic rings. The number of piperazine rings is 1. The fourth-order valence-electron chi connectivity index (χ4n) is 4.83. The first-order valence-corrected chi connectivity index (χ1v) is 8.63. The van der Waals surface area contributed by atoms with Gasteiger partial charge >= 0.3 is 0 Å². The van der Waals surface area contributed by atoms with Crippen LogP contribution in [0.3, 0.4) is 0 Å². The molecule has 3 aliphatic rings. The highest BCUT2D eigenvalue weighted by molar-refractivity contribution is 4.98. The zero-order valence-electron chi connectivity index (χ0n) is 13.1. The van der Waals surface area contributed by atoms with E-state index < -0.39 is 0 Å². The van der Waals surface area contributed by atoms with Gasteiger partial charge in [-0.2, -0.15) is 0 Å². The molecule has 0 aromatic carbocycles. The van der Waals surface area contributed by atoms with E-state index in [-0.39, 0.29) is 0 Å². The maximum atomic E-state index is 3.76. The lowest BCUT2D eigenvalue weighted by Crippen LogP contribution is -2.63. The van der Waals surface area contributed by atoms with E-state index in [2.05, 4.69) is 31.0 Å². The number of hydrogen-bond donors (Lipinski definition) is 1. The van der Waals surface area contributed by atoms with Crippen molar-refractivity contribution in [2.45, 2.75) is 70.9 Å². The molecule has 2 heteroatoms. The molecular formula is C17H32N2. The molecule has 2 aliphatic carbocycles. The third-order valence-electron chi connectivity index (χ3n) is 6.57. The Bertz CT molecular complexity index is 316. The van der Waals surface area contributed by atoms with Crippen molar-refractivity contribution in [1.29, 1.82) is 0 Å². The molecule has 1 heterocycles. The molecule has 19 heavy (non-hydrogen) atoms. The van der Waals surface area contributed by atoms with E-state index in [9.17, 15) is 0 Å². The van der Waals surface area contributed by atoms with Crippen LogP contribution in [0.4, 0.5) is 0 Å². The summed E-state index contributed by atoms with van der Waals surface area (Å²) in [5, 5.41) is 3.76. The second-order valence-corrected chi connectivity index (χ2v) is 7.68. The standard InChI is InChI=1S/C17H32N2/c1-4-16-11-19(17(3,5-2)12-18-16)10-15-9-13-6-7-14(15)8-13/h13-16,18H,4-12H2,1-3H3. The summed E-state index contributed by atoms with van der Waals surface area (Å²) in [7, 11) is 0. The molecule has 5 atom stereocenters. The highest BCUT2D eigenvalue weighted by Crippen LogP contribution is 2.49. The van der Waals surface area contributed by atoms with Gasteiger partial charge in [-0.1, -0.05) is 20.3 Å². The maximum Gasteiger partial charge on any atom is 0.0304 e. The quantitative estimate of drug-likeness (QED) is 0.838. The van der Waals surface area contributed by atoms with Crippen LogP contribution in [0.1, 0.15) is 59.3 Å². The van der Waals surface area contributed by atoms with E-state index >= 15 is 0 Å². The molecule has 1 aliphatic heterocycles. The molecule has 0 aromatic heterocycles. The van der Waals surface area contributed by atoms with E-state index in [1.165, 1.54) is 51.7 Å². The van der Waals surface area contributed by atoms with Crippen LogP contribution in [-0.2, 0) is 0 Å². The van der Waals surface area contributed by atoms with Crippen molar-refractivity contribution in [3.8, 4) is 0 Å². The maximum absolute atomic E-state index is 3.76. The molecule has 1 N–H and O–H groups in total. The minimum absolute atomic E-state index is 0.396. The van der Waals surface area contributed by atoms with Crippen molar-refractivity contribution in [1.82, 2.24) is 10.2 Å². The smallest absolute Gasteiger partial charge is 0.0304 e. The molecule has 3 rings (SSSR count). The first-order chi connectivity index (χ1) is 9.14. The molecule has 5 unspecified atom stereocenters. The Morgan fingerprint density at radius 3 is 2.63 bits per heavy atom. The number of fused-ring (bicyclic) bond motifs is 2. The summed E-state index contributed by atoms with van der Waals surface area (Å²) < 4.78 is 0. The minimum atomic E-state index is 0.396. The highest BCUT2D eigenvalue weighted by atomic mass is 15.3. The number of rotatable bonds is 4. The largest absolute Gasteiger partial charge is 0.311 e. The van der Waals surface area contributed by atoms with Crippen molar-refractivity contribution in [2.75, 3.05) is 19.6 Å². The molecular weight excluding hydrogens is 232 g/mol. The lowest BCUT2D eigenvalue weighted by molar-refractivity contribution is 0.0259. The normalized spacial score (nSPS) is 46.9. The monoisotopic (exact) mass is 264 g/mol. The third kappa shape index (κ3) is 2.58. The Labute approximate surface area is 119 Å². The van der Waals surface area contributed by atoms with E-state index in [4.69, 9.17) is 0 Å². The highest BCUT2D eigenvalue weighted by Gasteiger charge is 2.43. The Balaban J connectivity index is 1.65. The van der Waals surface area contributed by atoms with Gasteiger partial charge in [0.1, 0.15) is 0 Å². The molecule has 110 valence electrons. The molecule has 1 saturated heterocycles. The van der Waals surface area contributed by atoms with Gasteiger partial charge in [-0.05, 0) is 56.8 Å². The topological polar surface area (TPSA) is 15.3 Å². The third-order valence-corrected chi connectivity index (χ3v) is 6.57. The number of nitrogens with one attached hydrogen (secondary N) is 1. The fourth-order valence-corrected chi connectivity index (χ4v) is 4.83. The van der Waals surface area contributed by atoms with Crippen LogP contribution in [0.25, 0.3) is 0 Å². The first-order valence-electron chi connectivity index (χ1n) is 8.63. The lowest BCUT2D eigenvalue weighted by atomic mass is 9.85. The number of nitrogens with zero attached hydrogens (tertiary/aromatic N) is 1. The molecule has 2 saturated carbocycles. The lowest BCUT2D eigenvalue weighted by Gasteiger charge is -2.49. The predicted octanol–water partition coefficient (Wildman–Crippen LogP) is 3.28. The second kappa shape index (κ2) is 5.37. The average Bonchev–Trinajstić information content (AvgIpc) is 3.03. The first kappa shape index (κ1) is 13.9. The molecule has 0 spiro atoms. The van der Waals surface area contributed by atoms with Gasteiger partial charge in [-0.15, -0.1) is 0 Å². The Hall–Kier alpha value is -0.0800. The van der Waals surface area contributed by atoms with Gasteiger partial charge in [0.25, 0.3) is 0 Å². The van der Waals surface area contributed by atoms with Gasteiger partial charge in [0.2, 0.25) is 0 Å². The second-order valence-electron chi connectivity index (χ2n) is 7.68. The van der Waals surface area contributed by atoms with Crippen molar-refractivity contribution in [2.24, 2.45) is 17.8 Å². The Morgan fingerprint density at radius 2 is 2.05 bits per heavy atom. The zero-order chi connectivity index (χ0) is 13.5. The minimum Gasteiger partial charge on any atom is -0.311 e. The van der Waals surface area contributed by atoms with Crippen LogP contribution in [0.15, 0.2) is 0 Å². The predicted molar refractivity (Wildman–Crippen MR) is 81.3 cm³/mol. The van der Waals surface area contributed by atoms with Crippen LogP contribution in [0.5, 0.6) is 0 Å². The molecule has 2 bridgehead atoms. The molecule has 3 fully saturated rings. The Morgan fingerprint density at radius 1 is 1.21 bits per heavy atom. The van der Waals surface area contributed by atoms with Gasteiger partial charge in [0.15, 0.2) is 0 Å². The van der Waals surface area contributed by atoms with Crippen molar-refractivity contribution >= 4 is 0 Å². The van der Waals surface area contributed by atoms with Gasteiger partial charge in [-0.3, -0.25) is 4.90 Å². The fraction of sp³-hybridized carbons (Fsp3) is 1.00. The van der Waals surface area contributed by atoms with Crippen LogP contribution in [-0.4, -0.2) is 36.1 Å². The van der Waals surface area contributed by atoms with Gasteiger partial charge in [0, 0.05) is 31.2 Å². The van der Waals surface area contributed by atoms with E-state index in [0.717, 1.165) is 23.8 Å². The van der Waals surface area contributed by atoms with E-state index in [1.807, 2.05) is 0 Å². The summed E-state index contributed by atoms with van der Waals surface area (Å²) in [6, 6.07) is 0.721. The van der Waals surface area contributed by atoms with Crippen LogP contribution >= 0.6 is 0 Å². The Kier molecular flexibility index (Phi) is 3.92. The summed E-state index contributed by atoms with van der Waals surface area (Å²) in [6.07, 6.45) is 8.69. The van der Waals surface area contributed by atoms with E-state index in [0.29, 0.717) is 5.54 Å². The summed E-state index contributed by atoms with van der Waals surface area (Å²) in [6.45, 7) is 11.0. The van der Waals surface area contributed by atoms with Crippen LogP contribution < -0.4 is 5.32 Å². The summed E-state index contributed by atoms with van der Waals surface area (Å²) in [5.74, 6) is 3.18. The molecule has 0 amide bonds. The molecule has 0 radical (unpaired) electrons. The van der Waals surface area contributed by atoms with E-state index in [1.54, 1.807) is 6.42 Å². The average molecular weight is 264 g/mol. The van der Waals surface area contributed by atoms with Crippen LogP contribution in [0.2, 0.25) is 0 Å². The van der Waals surface area contributed by atoms with Gasteiger partial charge < -0.3 is 5.32 Å². The van der Waals surface area contributed by atoms with Crippen LogP contribution in [0, 0.1) is 17.8 Å². The SMILES string of the molecule is CCC1CN(CC2CC3CCC2C3)C(C)(CC)CN1. The summed E-state index contributed by atoms with van der Waals surface area (Å²) in [4.78, 5) is 2.85. The van der Waals surface area contributed by atoms with Gasteiger partial charge in [0.05, 0.1) is 0 Å². The van der Waals surface area contributed by atoms with Crippen molar-refractivity contribution in [3.05, 3.63) is 0 Å². The summed E-state index contributed by atoms with van der Waals surface area (Å²) in [5.41, 5.74) is 0.396. The van der Waals surface area contributed by atoms with Gasteiger partial charge in [-0.25, -0.2) is 0 Å². The summed E-state index contributed by atoms with van der Waals surface area (Å²) >= 11 is 0.